The largest absolute Gasteiger partial charge is 0.385 e. The summed E-state index contributed by atoms with van der Waals surface area (Å²) in [6, 6.07) is 7.41. The molecule has 1 aromatic rings. The van der Waals surface area contributed by atoms with Gasteiger partial charge in [0.2, 0.25) is 0 Å². The van der Waals surface area contributed by atoms with Gasteiger partial charge < -0.3 is 10.1 Å². The molecule has 1 aromatic carbocycles. The third-order valence-corrected chi connectivity index (χ3v) is 3.86. The Hall–Kier alpha value is -0.860. The van der Waals surface area contributed by atoms with Crippen LogP contribution in [0.15, 0.2) is 18.2 Å². The highest BCUT2D eigenvalue weighted by Gasteiger charge is 2.17. The molecule has 0 aliphatic carbocycles. The highest BCUT2D eigenvalue weighted by molar-refractivity contribution is 5.29. The molecule has 0 aliphatic heterocycles. The fourth-order valence-electron chi connectivity index (χ4n) is 2.75. The average Bonchev–Trinajstić information content (AvgIpc) is 2.39. The van der Waals surface area contributed by atoms with E-state index in [0.29, 0.717) is 12.0 Å². The quantitative estimate of drug-likeness (QED) is 0.739. The minimum Gasteiger partial charge on any atom is -0.385 e. The molecule has 2 atom stereocenters. The van der Waals surface area contributed by atoms with Gasteiger partial charge in [-0.1, -0.05) is 43.2 Å². The van der Waals surface area contributed by atoms with Crippen molar-refractivity contribution >= 4 is 0 Å². The number of hydrogen-bond donors (Lipinski definition) is 1. The van der Waals surface area contributed by atoms with Crippen molar-refractivity contribution in [1.82, 2.24) is 5.32 Å². The van der Waals surface area contributed by atoms with Crippen LogP contribution in [0.2, 0.25) is 0 Å². The lowest BCUT2D eigenvalue weighted by atomic mass is 9.91. The van der Waals surface area contributed by atoms with Gasteiger partial charge in [0.1, 0.15) is 0 Å². The monoisotopic (exact) mass is 277 g/mol. The van der Waals surface area contributed by atoms with Crippen molar-refractivity contribution in [3.63, 3.8) is 0 Å². The van der Waals surface area contributed by atoms with Gasteiger partial charge in [0.15, 0.2) is 0 Å². The van der Waals surface area contributed by atoms with Gasteiger partial charge in [0.05, 0.1) is 0 Å². The van der Waals surface area contributed by atoms with Gasteiger partial charge in [-0.15, -0.1) is 0 Å². The molecule has 0 spiro atoms. The van der Waals surface area contributed by atoms with Crippen LogP contribution < -0.4 is 5.32 Å². The van der Waals surface area contributed by atoms with E-state index >= 15 is 0 Å². The third kappa shape index (κ3) is 6.06. The summed E-state index contributed by atoms with van der Waals surface area (Å²) in [5.41, 5.74) is 4.16. The summed E-state index contributed by atoms with van der Waals surface area (Å²) >= 11 is 0. The van der Waals surface area contributed by atoms with E-state index in [-0.39, 0.29) is 0 Å². The number of nitrogens with one attached hydrogen (secondary N) is 1. The molecule has 1 rings (SSSR count). The topological polar surface area (TPSA) is 21.3 Å². The molecule has 0 amide bonds. The van der Waals surface area contributed by atoms with Crippen LogP contribution in [0, 0.1) is 19.8 Å². The Balaban J connectivity index is 2.71. The molecular formula is C18H31NO. The normalized spacial score (nSPS) is 14.2. The van der Waals surface area contributed by atoms with E-state index in [1.54, 1.807) is 7.11 Å². The Morgan fingerprint density at radius 2 is 1.80 bits per heavy atom. The summed E-state index contributed by atoms with van der Waals surface area (Å²) < 4.78 is 5.23. The van der Waals surface area contributed by atoms with E-state index in [4.69, 9.17) is 4.74 Å². The zero-order valence-electron chi connectivity index (χ0n) is 13.8. The van der Waals surface area contributed by atoms with Gasteiger partial charge in [-0.05, 0) is 51.1 Å². The Morgan fingerprint density at radius 1 is 1.15 bits per heavy atom. The first kappa shape index (κ1) is 17.2. The van der Waals surface area contributed by atoms with Gasteiger partial charge in [-0.2, -0.15) is 0 Å². The van der Waals surface area contributed by atoms with Crippen LogP contribution >= 0.6 is 0 Å². The molecule has 2 unspecified atom stereocenters. The van der Waals surface area contributed by atoms with Crippen LogP contribution in [0.1, 0.15) is 43.4 Å². The lowest BCUT2D eigenvalue weighted by Gasteiger charge is -2.25. The smallest absolute Gasteiger partial charge is 0.0465 e. The lowest BCUT2D eigenvalue weighted by molar-refractivity contribution is 0.170. The summed E-state index contributed by atoms with van der Waals surface area (Å²) in [7, 11) is 1.78. The van der Waals surface area contributed by atoms with Crippen molar-refractivity contribution < 1.29 is 4.74 Å². The van der Waals surface area contributed by atoms with Crippen molar-refractivity contribution in [1.29, 1.82) is 0 Å². The van der Waals surface area contributed by atoms with Crippen molar-refractivity contribution in [2.45, 2.75) is 53.0 Å². The Bertz CT molecular complexity index is 369. The van der Waals surface area contributed by atoms with E-state index in [2.05, 4.69) is 51.2 Å². The predicted octanol–water partition coefficient (Wildman–Crippen LogP) is 3.89. The number of rotatable bonds is 9. The third-order valence-electron chi connectivity index (χ3n) is 3.86. The molecule has 114 valence electrons. The fourth-order valence-corrected chi connectivity index (χ4v) is 2.75. The molecule has 20 heavy (non-hydrogen) atoms. The Labute approximate surface area is 124 Å². The molecular weight excluding hydrogens is 246 g/mol. The number of methoxy groups -OCH3 is 1. The molecule has 2 nitrogen and oxygen atoms in total. The standard InChI is InChI=1S/C18H31NO/c1-6-8-19-18(16(4)7-9-20-5)13-17-11-14(2)10-15(3)12-17/h10-12,16,18-19H,6-9,13H2,1-5H3. The molecule has 0 bridgehead atoms. The first-order chi connectivity index (χ1) is 9.56. The van der Waals surface area contributed by atoms with E-state index in [1.807, 2.05) is 0 Å². The predicted molar refractivity (Wildman–Crippen MR) is 87.4 cm³/mol. The van der Waals surface area contributed by atoms with E-state index in [9.17, 15) is 0 Å². The summed E-state index contributed by atoms with van der Waals surface area (Å²) in [5, 5.41) is 3.71. The summed E-state index contributed by atoms with van der Waals surface area (Å²) in [4.78, 5) is 0. The number of ether oxygens (including phenoxy) is 1. The van der Waals surface area contributed by atoms with E-state index in [0.717, 1.165) is 26.0 Å². The second-order valence-electron chi connectivity index (χ2n) is 6.02. The second kappa shape index (κ2) is 9.15. The molecule has 0 aliphatic rings. The summed E-state index contributed by atoms with van der Waals surface area (Å²) in [6.45, 7) is 10.8. The van der Waals surface area contributed by atoms with Crippen LogP contribution in [-0.2, 0) is 11.2 Å². The van der Waals surface area contributed by atoms with Crippen LogP contribution in [0.3, 0.4) is 0 Å². The lowest BCUT2D eigenvalue weighted by Crippen LogP contribution is -2.38. The molecule has 0 heterocycles. The van der Waals surface area contributed by atoms with Crippen molar-refractivity contribution in [3.8, 4) is 0 Å². The first-order valence-corrected chi connectivity index (χ1v) is 7.86. The number of hydrogen-bond acceptors (Lipinski definition) is 2. The Kier molecular flexibility index (Phi) is 7.86. The highest BCUT2D eigenvalue weighted by Crippen LogP contribution is 2.17. The number of benzene rings is 1. The maximum Gasteiger partial charge on any atom is 0.0465 e. The zero-order chi connectivity index (χ0) is 15.0. The van der Waals surface area contributed by atoms with Gasteiger partial charge in [-0.25, -0.2) is 0 Å². The van der Waals surface area contributed by atoms with Crippen molar-refractivity contribution in [3.05, 3.63) is 34.9 Å². The van der Waals surface area contributed by atoms with Crippen molar-refractivity contribution in [2.24, 2.45) is 5.92 Å². The molecule has 2 heteroatoms. The van der Waals surface area contributed by atoms with E-state index < -0.39 is 0 Å². The van der Waals surface area contributed by atoms with E-state index in [1.165, 1.54) is 23.1 Å². The van der Waals surface area contributed by atoms with Gasteiger partial charge in [0.25, 0.3) is 0 Å². The maximum absolute atomic E-state index is 5.23. The SMILES string of the molecule is CCCNC(Cc1cc(C)cc(C)c1)C(C)CCOC. The summed E-state index contributed by atoms with van der Waals surface area (Å²) in [6.07, 6.45) is 3.40. The average molecular weight is 277 g/mol. The van der Waals surface area contributed by atoms with Gasteiger partial charge >= 0.3 is 0 Å². The molecule has 0 aromatic heterocycles. The van der Waals surface area contributed by atoms with Crippen LogP contribution in [0.25, 0.3) is 0 Å². The molecule has 0 saturated carbocycles. The number of aryl methyl sites for hydroxylation is 2. The van der Waals surface area contributed by atoms with Gasteiger partial charge in [-0.3, -0.25) is 0 Å². The minimum atomic E-state index is 0.534. The van der Waals surface area contributed by atoms with Crippen LogP contribution in [-0.4, -0.2) is 26.3 Å². The molecule has 0 saturated heterocycles. The maximum atomic E-state index is 5.23. The zero-order valence-corrected chi connectivity index (χ0v) is 13.8. The molecule has 1 N–H and O–H groups in total. The van der Waals surface area contributed by atoms with Gasteiger partial charge in [0, 0.05) is 19.8 Å². The van der Waals surface area contributed by atoms with Crippen molar-refractivity contribution in [2.75, 3.05) is 20.3 Å². The Morgan fingerprint density at radius 3 is 2.35 bits per heavy atom. The molecule has 0 fully saturated rings. The second-order valence-corrected chi connectivity index (χ2v) is 6.02. The van der Waals surface area contributed by atoms with Crippen LogP contribution in [0.5, 0.6) is 0 Å². The highest BCUT2D eigenvalue weighted by atomic mass is 16.5. The molecule has 0 radical (unpaired) electrons. The minimum absolute atomic E-state index is 0.534. The summed E-state index contributed by atoms with van der Waals surface area (Å²) in [5.74, 6) is 0.627. The first-order valence-electron chi connectivity index (χ1n) is 7.86. The fraction of sp³-hybridized carbons (Fsp3) is 0.667. The van der Waals surface area contributed by atoms with Crippen LogP contribution in [0.4, 0.5) is 0 Å².